The van der Waals surface area contributed by atoms with Gasteiger partial charge < -0.3 is 10.2 Å². The molecule has 0 heterocycles. The normalized spacial score (nSPS) is 15.0. The molecule has 1 saturated carbocycles. The Morgan fingerprint density at radius 1 is 1.14 bits per heavy atom. The highest BCUT2D eigenvalue weighted by molar-refractivity contribution is 7.92. The molecule has 0 aliphatic heterocycles. The first-order chi connectivity index (χ1) is 16.5. The third-order valence-electron chi connectivity index (χ3n) is 6.32. The minimum Gasteiger partial charge on any atom is -0.352 e. The molecule has 3 rings (SSSR count). The fourth-order valence-corrected chi connectivity index (χ4v) is 5.29. The maximum atomic E-state index is 13.6. The second-order valence-corrected chi connectivity index (χ2v) is 11.3. The molecule has 35 heavy (non-hydrogen) atoms. The Hall–Kier alpha value is -2.65. The standard InChI is InChI=1S/C25H31ClFN3O4S/c1-17-22(26)9-6-10-23(17)30(35(3,33)34)16-24(31)29(15-19-11-13-20(27)14-12-19)18(2)25(32)28-21-7-4-5-8-21/h6,9-14,18,21H,4-5,7-8,15-16H2,1-3H3,(H,28,32)/t18-/m1/s1. The molecule has 0 aromatic heterocycles. The van der Waals surface area contributed by atoms with Crippen LogP contribution in [0.1, 0.15) is 43.7 Å². The number of hydrogen-bond donors (Lipinski definition) is 1. The van der Waals surface area contributed by atoms with Crippen molar-refractivity contribution in [3.05, 3.63) is 64.4 Å². The Balaban J connectivity index is 1.90. The summed E-state index contributed by atoms with van der Waals surface area (Å²) in [7, 11) is -3.85. The number of benzene rings is 2. The smallest absolute Gasteiger partial charge is 0.244 e. The van der Waals surface area contributed by atoms with Crippen molar-refractivity contribution in [2.24, 2.45) is 0 Å². The zero-order chi connectivity index (χ0) is 25.8. The van der Waals surface area contributed by atoms with Crippen molar-refractivity contribution >= 4 is 39.1 Å². The Morgan fingerprint density at radius 2 is 1.77 bits per heavy atom. The second-order valence-electron chi connectivity index (χ2n) is 8.97. The van der Waals surface area contributed by atoms with E-state index in [9.17, 15) is 22.4 Å². The van der Waals surface area contributed by atoms with Crippen molar-refractivity contribution in [3.63, 3.8) is 0 Å². The molecule has 1 aliphatic rings. The topological polar surface area (TPSA) is 86.8 Å². The first kappa shape index (κ1) is 26.9. The van der Waals surface area contributed by atoms with Crippen molar-refractivity contribution in [2.45, 2.75) is 58.2 Å². The van der Waals surface area contributed by atoms with E-state index in [1.165, 1.54) is 29.2 Å². The van der Waals surface area contributed by atoms with Crippen molar-refractivity contribution in [2.75, 3.05) is 17.1 Å². The van der Waals surface area contributed by atoms with Crippen LogP contribution in [0.15, 0.2) is 42.5 Å². The minimum atomic E-state index is -3.85. The summed E-state index contributed by atoms with van der Waals surface area (Å²) < 4.78 is 39.8. The zero-order valence-corrected chi connectivity index (χ0v) is 21.7. The van der Waals surface area contributed by atoms with Gasteiger partial charge in [0.25, 0.3) is 0 Å². The van der Waals surface area contributed by atoms with E-state index in [1.807, 2.05) is 0 Å². The van der Waals surface area contributed by atoms with Gasteiger partial charge in [-0.2, -0.15) is 0 Å². The zero-order valence-electron chi connectivity index (χ0n) is 20.1. The molecule has 0 radical (unpaired) electrons. The summed E-state index contributed by atoms with van der Waals surface area (Å²) in [6.45, 7) is 2.79. The van der Waals surface area contributed by atoms with Crippen LogP contribution in [0.25, 0.3) is 0 Å². The molecule has 1 N–H and O–H groups in total. The second kappa shape index (κ2) is 11.4. The fourth-order valence-electron chi connectivity index (χ4n) is 4.22. The van der Waals surface area contributed by atoms with Crippen LogP contribution in [0.2, 0.25) is 5.02 Å². The molecule has 1 atom stereocenters. The Bertz CT molecular complexity index is 1170. The van der Waals surface area contributed by atoms with Crippen LogP contribution in [0.5, 0.6) is 0 Å². The number of carbonyl (C=O) groups excluding carboxylic acids is 2. The van der Waals surface area contributed by atoms with Gasteiger partial charge in [-0.25, -0.2) is 12.8 Å². The van der Waals surface area contributed by atoms with Gasteiger partial charge >= 0.3 is 0 Å². The van der Waals surface area contributed by atoms with Crippen LogP contribution in [0.3, 0.4) is 0 Å². The molecule has 0 spiro atoms. The van der Waals surface area contributed by atoms with E-state index >= 15 is 0 Å². The lowest BCUT2D eigenvalue weighted by Crippen LogP contribution is -2.52. The van der Waals surface area contributed by atoms with Crippen LogP contribution >= 0.6 is 11.6 Å². The first-order valence-corrected chi connectivity index (χ1v) is 13.8. The molecule has 190 valence electrons. The summed E-state index contributed by atoms with van der Waals surface area (Å²) in [5, 5.41) is 3.37. The average molecular weight is 524 g/mol. The van der Waals surface area contributed by atoms with E-state index in [0.29, 0.717) is 16.1 Å². The number of sulfonamides is 1. The lowest BCUT2D eigenvalue weighted by molar-refractivity contribution is -0.139. The third kappa shape index (κ3) is 6.95. The summed E-state index contributed by atoms with van der Waals surface area (Å²) in [6.07, 6.45) is 4.88. The maximum absolute atomic E-state index is 13.6. The van der Waals surface area contributed by atoms with Gasteiger partial charge in [0, 0.05) is 17.6 Å². The average Bonchev–Trinajstić information content (AvgIpc) is 3.31. The highest BCUT2D eigenvalue weighted by atomic mass is 35.5. The highest BCUT2D eigenvalue weighted by Gasteiger charge is 2.32. The number of rotatable bonds is 9. The Kier molecular flexibility index (Phi) is 8.77. The Labute approximate surface area is 211 Å². The predicted octanol–water partition coefficient (Wildman–Crippen LogP) is 4.03. The molecule has 0 unspecified atom stereocenters. The third-order valence-corrected chi connectivity index (χ3v) is 7.86. The molecule has 2 amide bonds. The first-order valence-electron chi connectivity index (χ1n) is 11.5. The molecule has 2 aromatic carbocycles. The SMILES string of the molecule is Cc1c(Cl)cccc1N(CC(=O)N(Cc1ccc(F)cc1)[C@H](C)C(=O)NC1CCCC1)S(C)(=O)=O. The number of carbonyl (C=O) groups is 2. The molecular formula is C25H31ClFN3O4S. The number of hydrogen-bond acceptors (Lipinski definition) is 4. The van der Waals surface area contributed by atoms with Crippen LogP contribution < -0.4 is 9.62 Å². The van der Waals surface area contributed by atoms with Crippen molar-refractivity contribution < 1.29 is 22.4 Å². The minimum absolute atomic E-state index is 0.0183. The summed E-state index contributed by atoms with van der Waals surface area (Å²) in [6, 6.07) is 9.65. The van der Waals surface area contributed by atoms with E-state index in [1.54, 1.807) is 32.0 Å². The van der Waals surface area contributed by atoms with Gasteiger partial charge in [-0.15, -0.1) is 0 Å². The monoisotopic (exact) mass is 523 g/mol. The Morgan fingerprint density at radius 3 is 2.37 bits per heavy atom. The van der Waals surface area contributed by atoms with Crippen LogP contribution in [0.4, 0.5) is 10.1 Å². The molecule has 0 bridgehead atoms. The molecule has 10 heteroatoms. The van der Waals surface area contributed by atoms with Crippen molar-refractivity contribution in [3.8, 4) is 0 Å². The van der Waals surface area contributed by atoms with Gasteiger partial charge in [0.15, 0.2) is 0 Å². The quantitative estimate of drug-likeness (QED) is 0.537. The highest BCUT2D eigenvalue weighted by Crippen LogP contribution is 2.28. The lowest BCUT2D eigenvalue weighted by Gasteiger charge is -2.32. The van der Waals surface area contributed by atoms with E-state index < -0.39 is 34.3 Å². The van der Waals surface area contributed by atoms with Crippen LogP contribution in [-0.2, 0) is 26.2 Å². The lowest BCUT2D eigenvalue weighted by atomic mass is 10.1. The molecule has 0 saturated heterocycles. The number of anilines is 1. The number of nitrogens with zero attached hydrogens (tertiary/aromatic N) is 2. The van der Waals surface area contributed by atoms with Gasteiger partial charge in [0.1, 0.15) is 18.4 Å². The number of halogens is 2. The van der Waals surface area contributed by atoms with E-state index in [0.717, 1.165) is 36.2 Å². The summed E-state index contributed by atoms with van der Waals surface area (Å²) >= 11 is 6.20. The van der Waals surface area contributed by atoms with Gasteiger partial charge in [-0.05, 0) is 62.1 Å². The fraction of sp³-hybridized carbons (Fsp3) is 0.440. The molecule has 1 fully saturated rings. The van der Waals surface area contributed by atoms with Crippen LogP contribution in [-0.4, -0.2) is 50.0 Å². The predicted molar refractivity (Wildman–Crippen MR) is 135 cm³/mol. The summed E-state index contributed by atoms with van der Waals surface area (Å²) in [4.78, 5) is 27.9. The van der Waals surface area contributed by atoms with Gasteiger partial charge in [0.05, 0.1) is 11.9 Å². The molecule has 1 aliphatic carbocycles. The number of amides is 2. The maximum Gasteiger partial charge on any atom is 0.244 e. The van der Waals surface area contributed by atoms with Crippen LogP contribution in [0, 0.1) is 12.7 Å². The molecule has 7 nitrogen and oxygen atoms in total. The largest absolute Gasteiger partial charge is 0.352 e. The van der Waals surface area contributed by atoms with E-state index in [4.69, 9.17) is 11.6 Å². The van der Waals surface area contributed by atoms with E-state index in [2.05, 4.69) is 5.32 Å². The van der Waals surface area contributed by atoms with Gasteiger partial charge in [0.2, 0.25) is 21.8 Å². The van der Waals surface area contributed by atoms with E-state index in [-0.39, 0.29) is 24.2 Å². The van der Waals surface area contributed by atoms with Crippen molar-refractivity contribution in [1.82, 2.24) is 10.2 Å². The molecule has 2 aromatic rings. The van der Waals surface area contributed by atoms with Gasteiger partial charge in [-0.3, -0.25) is 13.9 Å². The summed E-state index contributed by atoms with van der Waals surface area (Å²) in [5.41, 5.74) is 1.42. The van der Waals surface area contributed by atoms with Gasteiger partial charge in [-0.1, -0.05) is 42.6 Å². The van der Waals surface area contributed by atoms with Crippen molar-refractivity contribution in [1.29, 1.82) is 0 Å². The molecular weight excluding hydrogens is 493 g/mol. The number of nitrogens with one attached hydrogen (secondary N) is 1. The summed E-state index contributed by atoms with van der Waals surface area (Å²) in [5.74, 6) is -1.29.